The Bertz CT molecular complexity index is 682. The predicted octanol–water partition coefficient (Wildman–Crippen LogP) is 1.42. The first-order valence-electron chi connectivity index (χ1n) is 7.33. The number of nitrogens with zero attached hydrogens (tertiary/aromatic N) is 2. The molecule has 0 radical (unpaired) electrons. The molecule has 1 aromatic carbocycles. The van der Waals surface area contributed by atoms with Crippen LogP contribution in [0.2, 0.25) is 0 Å². The molecule has 6 nitrogen and oxygen atoms in total. The molecule has 0 aliphatic carbocycles. The summed E-state index contributed by atoms with van der Waals surface area (Å²) in [4.78, 5) is 32.6. The summed E-state index contributed by atoms with van der Waals surface area (Å²) in [5, 5.41) is 3.45. The molecule has 3 rings (SSSR count). The Morgan fingerprint density at radius 1 is 1.21 bits per heavy atom. The summed E-state index contributed by atoms with van der Waals surface area (Å²) in [6, 6.07) is 8.19. The van der Waals surface area contributed by atoms with Crippen LogP contribution in [0.25, 0.3) is 0 Å². The van der Waals surface area contributed by atoms with E-state index in [1.165, 1.54) is 0 Å². The third-order valence-corrected chi connectivity index (χ3v) is 3.96. The number of piperidine rings is 1. The van der Waals surface area contributed by atoms with E-state index in [-0.39, 0.29) is 5.84 Å². The maximum absolute atomic E-state index is 12.7. The maximum atomic E-state index is 12.7. The molecule has 1 saturated heterocycles. The molecular formula is C15H14F3N3O3. The minimum absolute atomic E-state index is 0.0832. The highest BCUT2D eigenvalue weighted by atomic mass is 19.4. The van der Waals surface area contributed by atoms with Crippen molar-refractivity contribution in [1.29, 1.82) is 0 Å². The maximum Gasteiger partial charge on any atom is 0.493 e. The quantitative estimate of drug-likeness (QED) is 0.883. The van der Waals surface area contributed by atoms with E-state index in [2.05, 4.69) is 15.1 Å². The lowest BCUT2D eigenvalue weighted by Crippen LogP contribution is -2.50. The fraction of sp³-hybridized carbons (Fsp3) is 0.400. The van der Waals surface area contributed by atoms with E-state index in [0.29, 0.717) is 36.6 Å². The van der Waals surface area contributed by atoms with Crippen LogP contribution in [0.1, 0.15) is 18.4 Å². The number of carbonyl (C=O) groups is 2. The van der Waals surface area contributed by atoms with Gasteiger partial charge in [0.25, 0.3) is 5.91 Å². The fourth-order valence-electron chi connectivity index (χ4n) is 2.74. The number of halogens is 3. The van der Waals surface area contributed by atoms with Crippen molar-refractivity contribution in [3.8, 4) is 0 Å². The van der Waals surface area contributed by atoms with Crippen molar-refractivity contribution in [1.82, 2.24) is 10.4 Å². The summed E-state index contributed by atoms with van der Waals surface area (Å²) in [7, 11) is 0. The molecule has 0 aromatic heterocycles. The molecule has 0 atom stereocenters. The van der Waals surface area contributed by atoms with Crippen molar-refractivity contribution in [2.45, 2.75) is 24.6 Å². The van der Waals surface area contributed by atoms with Crippen LogP contribution in [-0.4, -0.2) is 47.6 Å². The number of aliphatic imine (C=N–C) groups is 1. The monoisotopic (exact) mass is 341 g/mol. The molecule has 1 spiro atoms. The lowest BCUT2D eigenvalue weighted by atomic mass is 9.89. The first-order valence-corrected chi connectivity index (χ1v) is 7.33. The largest absolute Gasteiger partial charge is 0.493 e. The molecule has 1 fully saturated rings. The summed E-state index contributed by atoms with van der Waals surface area (Å²) < 4.78 is 37.6. The number of amidine groups is 1. The van der Waals surface area contributed by atoms with Gasteiger partial charge in [-0.05, 0) is 25.9 Å². The fourth-order valence-corrected chi connectivity index (χ4v) is 2.74. The van der Waals surface area contributed by atoms with Crippen molar-refractivity contribution in [2.75, 3.05) is 13.1 Å². The Kier molecular flexibility index (Phi) is 4.04. The molecule has 128 valence electrons. The second-order valence-corrected chi connectivity index (χ2v) is 5.56. The normalized spacial score (nSPS) is 20.2. The molecule has 1 amide bonds. The average molecular weight is 341 g/mol. The summed E-state index contributed by atoms with van der Waals surface area (Å²) in [5.74, 6) is -3.29. The standard InChI is InChI=1S/C15H14F3N3O3/c16-15(17,18)13(23)24-21-11(10-4-2-1-3-5-10)20-14(12(21)22)6-8-19-9-7-14/h1-5,19H,6-9H2. The Labute approximate surface area is 135 Å². The highest BCUT2D eigenvalue weighted by Crippen LogP contribution is 2.34. The van der Waals surface area contributed by atoms with E-state index in [9.17, 15) is 22.8 Å². The predicted molar refractivity (Wildman–Crippen MR) is 76.8 cm³/mol. The Hall–Kier alpha value is -2.42. The summed E-state index contributed by atoms with van der Waals surface area (Å²) in [6.45, 7) is 0.997. The van der Waals surface area contributed by atoms with Crippen molar-refractivity contribution in [2.24, 2.45) is 4.99 Å². The van der Waals surface area contributed by atoms with Crippen LogP contribution in [0.5, 0.6) is 0 Å². The van der Waals surface area contributed by atoms with Crippen LogP contribution in [0.3, 0.4) is 0 Å². The number of hydroxylamine groups is 2. The van der Waals surface area contributed by atoms with Gasteiger partial charge in [-0.3, -0.25) is 4.79 Å². The van der Waals surface area contributed by atoms with E-state index in [4.69, 9.17) is 0 Å². The molecule has 0 unspecified atom stereocenters. The van der Waals surface area contributed by atoms with Gasteiger partial charge in [0.2, 0.25) is 0 Å². The van der Waals surface area contributed by atoms with Crippen molar-refractivity contribution in [3.05, 3.63) is 35.9 Å². The molecule has 0 bridgehead atoms. The molecule has 2 heterocycles. The zero-order chi connectivity index (χ0) is 17.4. The number of carbonyl (C=O) groups excluding carboxylic acids is 2. The molecule has 2 aliphatic rings. The molecule has 9 heteroatoms. The molecule has 1 N–H and O–H groups in total. The van der Waals surface area contributed by atoms with E-state index in [0.717, 1.165) is 0 Å². The number of alkyl halides is 3. The van der Waals surface area contributed by atoms with Crippen LogP contribution in [0, 0.1) is 0 Å². The lowest BCUT2D eigenvalue weighted by Gasteiger charge is -2.29. The van der Waals surface area contributed by atoms with Gasteiger partial charge in [0.1, 0.15) is 5.54 Å². The van der Waals surface area contributed by atoms with E-state index < -0.39 is 23.6 Å². The number of amides is 1. The summed E-state index contributed by atoms with van der Waals surface area (Å²) >= 11 is 0. The van der Waals surface area contributed by atoms with Gasteiger partial charge < -0.3 is 10.2 Å². The number of hydrogen-bond acceptors (Lipinski definition) is 5. The van der Waals surface area contributed by atoms with Crippen LogP contribution in [0.4, 0.5) is 13.2 Å². The highest BCUT2D eigenvalue weighted by molar-refractivity contribution is 6.15. The zero-order valence-corrected chi connectivity index (χ0v) is 12.5. The van der Waals surface area contributed by atoms with Crippen molar-refractivity contribution in [3.63, 3.8) is 0 Å². The van der Waals surface area contributed by atoms with Crippen LogP contribution >= 0.6 is 0 Å². The topological polar surface area (TPSA) is 71.0 Å². The highest BCUT2D eigenvalue weighted by Gasteiger charge is 2.53. The molecule has 2 aliphatic heterocycles. The minimum Gasteiger partial charge on any atom is -0.323 e. The van der Waals surface area contributed by atoms with Gasteiger partial charge in [0.05, 0.1) is 0 Å². The molecular weight excluding hydrogens is 327 g/mol. The second-order valence-electron chi connectivity index (χ2n) is 5.56. The number of nitrogens with one attached hydrogen (secondary N) is 1. The van der Waals surface area contributed by atoms with Gasteiger partial charge in [-0.2, -0.15) is 13.2 Å². The van der Waals surface area contributed by atoms with Crippen LogP contribution in [-0.2, 0) is 14.4 Å². The van der Waals surface area contributed by atoms with E-state index in [1.807, 2.05) is 0 Å². The van der Waals surface area contributed by atoms with Gasteiger partial charge in [0.15, 0.2) is 5.84 Å². The first kappa shape index (κ1) is 16.4. The Balaban J connectivity index is 1.98. The van der Waals surface area contributed by atoms with Gasteiger partial charge in [0, 0.05) is 5.56 Å². The Morgan fingerprint density at radius 3 is 2.42 bits per heavy atom. The first-order chi connectivity index (χ1) is 11.3. The molecule has 0 saturated carbocycles. The van der Waals surface area contributed by atoms with Gasteiger partial charge >= 0.3 is 12.1 Å². The van der Waals surface area contributed by atoms with Gasteiger partial charge in [-0.1, -0.05) is 30.3 Å². The smallest absolute Gasteiger partial charge is 0.323 e. The van der Waals surface area contributed by atoms with Crippen LogP contribution < -0.4 is 5.32 Å². The Morgan fingerprint density at radius 2 is 1.83 bits per heavy atom. The lowest BCUT2D eigenvalue weighted by molar-refractivity contribution is -0.225. The summed E-state index contributed by atoms with van der Waals surface area (Å²) in [5.41, 5.74) is -0.793. The molecule has 24 heavy (non-hydrogen) atoms. The average Bonchev–Trinajstić information content (AvgIpc) is 2.82. The number of benzene rings is 1. The minimum atomic E-state index is -5.20. The van der Waals surface area contributed by atoms with E-state index in [1.54, 1.807) is 30.3 Å². The van der Waals surface area contributed by atoms with Crippen LogP contribution in [0.15, 0.2) is 35.3 Å². The van der Waals surface area contributed by atoms with Gasteiger partial charge in [-0.15, -0.1) is 5.06 Å². The third-order valence-electron chi connectivity index (χ3n) is 3.96. The summed E-state index contributed by atoms with van der Waals surface area (Å²) in [6.07, 6.45) is -4.56. The van der Waals surface area contributed by atoms with Gasteiger partial charge in [-0.25, -0.2) is 9.79 Å². The SMILES string of the molecule is O=C(ON1C(=O)C2(CCNCC2)N=C1c1ccccc1)C(F)(F)F. The zero-order valence-electron chi connectivity index (χ0n) is 12.5. The molecule has 1 aromatic rings. The van der Waals surface area contributed by atoms with Crippen molar-refractivity contribution >= 4 is 17.7 Å². The third kappa shape index (κ3) is 2.86. The van der Waals surface area contributed by atoms with Crippen molar-refractivity contribution < 1.29 is 27.6 Å². The number of rotatable bonds is 2. The second kappa shape index (κ2) is 5.90. The van der Waals surface area contributed by atoms with E-state index >= 15 is 0 Å². The number of hydrogen-bond donors (Lipinski definition) is 1.